The van der Waals surface area contributed by atoms with E-state index in [9.17, 15) is 4.79 Å². The minimum Gasteiger partial charge on any atom is -0.497 e. The summed E-state index contributed by atoms with van der Waals surface area (Å²) in [6.07, 6.45) is 0.826. The quantitative estimate of drug-likeness (QED) is 0.720. The molecule has 128 valence electrons. The summed E-state index contributed by atoms with van der Waals surface area (Å²) < 4.78 is 10.4. The first-order valence-electron chi connectivity index (χ1n) is 7.59. The number of benzene rings is 2. The zero-order valence-electron chi connectivity index (χ0n) is 13.8. The highest BCUT2D eigenvalue weighted by atomic mass is 35.5. The molecule has 6 heteroatoms. The highest BCUT2D eigenvalue weighted by molar-refractivity contribution is 6.30. The first-order chi connectivity index (χ1) is 11.6. The van der Waals surface area contributed by atoms with E-state index in [0.717, 1.165) is 11.4 Å². The van der Waals surface area contributed by atoms with Gasteiger partial charge in [0.25, 0.3) is 0 Å². The molecule has 0 unspecified atom stereocenters. The van der Waals surface area contributed by atoms with Crippen LogP contribution in [-0.4, -0.2) is 33.2 Å². The topological polar surface area (TPSA) is 59.6 Å². The van der Waals surface area contributed by atoms with Crippen LogP contribution in [0.2, 0.25) is 5.02 Å². The minimum atomic E-state index is -0.141. The van der Waals surface area contributed by atoms with Crippen LogP contribution < -0.4 is 20.1 Å². The van der Waals surface area contributed by atoms with Crippen LogP contribution in [-0.2, 0) is 11.2 Å². The van der Waals surface area contributed by atoms with Crippen molar-refractivity contribution in [2.24, 2.45) is 0 Å². The summed E-state index contributed by atoms with van der Waals surface area (Å²) in [5, 5.41) is 6.66. The first kappa shape index (κ1) is 18.1. The summed E-state index contributed by atoms with van der Waals surface area (Å²) in [6.45, 7) is 0.915. The summed E-state index contributed by atoms with van der Waals surface area (Å²) in [5.41, 5.74) is 1.75. The van der Waals surface area contributed by atoms with Gasteiger partial charge in [0.15, 0.2) is 0 Å². The van der Waals surface area contributed by atoms with E-state index in [4.69, 9.17) is 21.1 Å². The molecule has 0 aliphatic rings. The van der Waals surface area contributed by atoms with Gasteiger partial charge in [-0.1, -0.05) is 23.7 Å². The van der Waals surface area contributed by atoms with E-state index in [1.54, 1.807) is 32.4 Å². The number of ether oxygens (including phenoxy) is 2. The van der Waals surface area contributed by atoms with Gasteiger partial charge in [-0.2, -0.15) is 0 Å². The number of carbonyl (C=O) groups is 1. The zero-order chi connectivity index (χ0) is 17.4. The van der Waals surface area contributed by atoms with Gasteiger partial charge in [-0.3, -0.25) is 4.79 Å². The van der Waals surface area contributed by atoms with E-state index in [1.165, 1.54) is 5.56 Å². The van der Waals surface area contributed by atoms with Crippen molar-refractivity contribution < 1.29 is 14.3 Å². The third kappa shape index (κ3) is 5.44. The van der Waals surface area contributed by atoms with Gasteiger partial charge in [-0.05, 0) is 42.8 Å². The number of hydrogen-bond acceptors (Lipinski definition) is 4. The largest absolute Gasteiger partial charge is 0.497 e. The Morgan fingerprint density at radius 1 is 1.08 bits per heavy atom. The molecule has 0 heterocycles. The van der Waals surface area contributed by atoms with Gasteiger partial charge in [0.2, 0.25) is 5.91 Å². The lowest BCUT2D eigenvalue weighted by atomic mass is 10.1. The van der Waals surface area contributed by atoms with Crippen molar-refractivity contribution in [3.63, 3.8) is 0 Å². The van der Waals surface area contributed by atoms with Crippen molar-refractivity contribution in [1.29, 1.82) is 0 Å². The molecule has 2 aromatic rings. The fourth-order valence-corrected chi connectivity index (χ4v) is 2.32. The lowest BCUT2D eigenvalue weighted by molar-refractivity contribution is -0.115. The average Bonchev–Trinajstić information content (AvgIpc) is 2.60. The van der Waals surface area contributed by atoms with Crippen LogP contribution in [0.5, 0.6) is 11.5 Å². The van der Waals surface area contributed by atoms with E-state index < -0.39 is 0 Å². The lowest BCUT2D eigenvalue weighted by Crippen LogP contribution is -2.29. The van der Waals surface area contributed by atoms with Crippen LogP contribution in [0.3, 0.4) is 0 Å². The summed E-state index contributed by atoms with van der Waals surface area (Å²) in [7, 11) is 3.13. The maximum Gasteiger partial charge on any atom is 0.238 e. The molecule has 2 aromatic carbocycles. The molecule has 24 heavy (non-hydrogen) atoms. The molecule has 0 saturated heterocycles. The monoisotopic (exact) mass is 348 g/mol. The Morgan fingerprint density at radius 3 is 2.50 bits per heavy atom. The molecule has 0 atom stereocenters. The molecule has 2 N–H and O–H groups in total. The normalized spacial score (nSPS) is 10.3. The molecule has 0 saturated carbocycles. The fraction of sp³-hybridized carbons (Fsp3) is 0.278. The van der Waals surface area contributed by atoms with Crippen LogP contribution in [0.25, 0.3) is 0 Å². The maximum absolute atomic E-state index is 12.0. The first-order valence-corrected chi connectivity index (χ1v) is 7.97. The van der Waals surface area contributed by atoms with E-state index >= 15 is 0 Å². The molecular formula is C18H21ClN2O3. The number of nitrogens with one attached hydrogen (secondary N) is 2. The summed E-state index contributed by atoms with van der Waals surface area (Å²) >= 11 is 5.85. The Balaban J connectivity index is 1.80. The molecule has 1 amide bonds. The van der Waals surface area contributed by atoms with Gasteiger partial charge in [0, 0.05) is 11.1 Å². The minimum absolute atomic E-state index is 0.141. The van der Waals surface area contributed by atoms with Crippen LogP contribution >= 0.6 is 11.6 Å². The molecule has 0 aliphatic heterocycles. The Morgan fingerprint density at radius 2 is 1.83 bits per heavy atom. The molecule has 0 aliphatic carbocycles. The van der Waals surface area contributed by atoms with Crippen molar-refractivity contribution in [1.82, 2.24) is 5.32 Å². The van der Waals surface area contributed by atoms with Crippen molar-refractivity contribution in [3.8, 4) is 11.5 Å². The van der Waals surface area contributed by atoms with Crippen LogP contribution in [0.1, 0.15) is 5.56 Å². The van der Waals surface area contributed by atoms with Gasteiger partial charge in [0.1, 0.15) is 11.5 Å². The van der Waals surface area contributed by atoms with Crippen LogP contribution in [0, 0.1) is 0 Å². The van der Waals surface area contributed by atoms with Crippen molar-refractivity contribution in [2.75, 3.05) is 32.6 Å². The maximum atomic E-state index is 12.0. The molecule has 0 spiro atoms. The van der Waals surface area contributed by atoms with E-state index in [1.807, 2.05) is 24.3 Å². The number of anilines is 1. The molecule has 0 radical (unpaired) electrons. The highest BCUT2D eigenvalue weighted by Crippen LogP contribution is 2.28. The summed E-state index contributed by atoms with van der Waals surface area (Å²) in [6, 6.07) is 12.9. The Bertz CT molecular complexity index is 674. The summed E-state index contributed by atoms with van der Waals surface area (Å²) in [5.74, 6) is 1.10. The number of halogens is 1. The SMILES string of the molecule is COc1ccc(OC)c(NC(=O)CNCCc2ccc(Cl)cc2)c1. The number of hydrogen-bond donors (Lipinski definition) is 2. The van der Waals surface area contributed by atoms with Gasteiger partial charge < -0.3 is 20.1 Å². The molecule has 0 fully saturated rings. The molecule has 0 bridgehead atoms. The van der Waals surface area contributed by atoms with E-state index in [-0.39, 0.29) is 12.5 Å². The second kappa shape index (κ2) is 9.15. The fourth-order valence-electron chi connectivity index (χ4n) is 2.19. The number of amides is 1. The molecule has 2 rings (SSSR count). The second-order valence-corrected chi connectivity index (χ2v) is 5.60. The Hall–Kier alpha value is -2.24. The zero-order valence-corrected chi connectivity index (χ0v) is 14.5. The van der Waals surface area contributed by atoms with Crippen molar-refractivity contribution in [3.05, 3.63) is 53.1 Å². The smallest absolute Gasteiger partial charge is 0.238 e. The third-order valence-corrected chi connectivity index (χ3v) is 3.72. The second-order valence-electron chi connectivity index (χ2n) is 5.17. The Labute approximate surface area is 146 Å². The standard InChI is InChI=1S/C18H21ClN2O3/c1-23-15-7-8-17(24-2)16(11-15)21-18(22)12-20-10-9-13-3-5-14(19)6-4-13/h3-8,11,20H,9-10,12H2,1-2H3,(H,21,22). The summed E-state index contributed by atoms with van der Waals surface area (Å²) in [4.78, 5) is 12.0. The average molecular weight is 349 g/mol. The molecule has 0 aromatic heterocycles. The van der Waals surface area contributed by atoms with Gasteiger partial charge in [-0.15, -0.1) is 0 Å². The third-order valence-electron chi connectivity index (χ3n) is 3.47. The van der Waals surface area contributed by atoms with Crippen LogP contribution in [0.4, 0.5) is 5.69 Å². The van der Waals surface area contributed by atoms with Gasteiger partial charge in [0.05, 0.1) is 26.5 Å². The number of methoxy groups -OCH3 is 2. The van der Waals surface area contributed by atoms with E-state index in [2.05, 4.69) is 10.6 Å². The van der Waals surface area contributed by atoms with E-state index in [0.29, 0.717) is 23.7 Å². The van der Waals surface area contributed by atoms with Gasteiger partial charge >= 0.3 is 0 Å². The van der Waals surface area contributed by atoms with Crippen molar-refractivity contribution in [2.45, 2.75) is 6.42 Å². The predicted octanol–water partition coefficient (Wildman–Crippen LogP) is 3.13. The van der Waals surface area contributed by atoms with Crippen molar-refractivity contribution >= 4 is 23.2 Å². The Kier molecular flexibility index (Phi) is 6.90. The number of carbonyl (C=O) groups excluding carboxylic acids is 1. The van der Waals surface area contributed by atoms with Gasteiger partial charge in [-0.25, -0.2) is 0 Å². The number of rotatable bonds is 8. The highest BCUT2D eigenvalue weighted by Gasteiger charge is 2.08. The molecule has 5 nitrogen and oxygen atoms in total. The molecular weight excluding hydrogens is 328 g/mol. The van der Waals surface area contributed by atoms with Crippen LogP contribution in [0.15, 0.2) is 42.5 Å². The predicted molar refractivity (Wildman–Crippen MR) is 96.2 cm³/mol. The lowest BCUT2D eigenvalue weighted by Gasteiger charge is -2.12.